The number of rotatable bonds is 1. The highest BCUT2D eigenvalue weighted by Gasteiger charge is 2.62. The van der Waals surface area contributed by atoms with Gasteiger partial charge in [0.15, 0.2) is 0 Å². The second kappa shape index (κ2) is 5.46. The molecule has 4 aliphatic carbocycles. The number of hydrogen-bond donors (Lipinski definition) is 2. The van der Waals surface area contributed by atoms with Gasteiger partial charge in [-0.05, 0) is 85.4 Å². The Morgan fingerprint density at radius 2 is 1.70 bits per heavy atom. The average Bonchev–Trinajstić information content (AvgIpc) is 2.91. The van der Waals surface area contributed by atoms with Crippen LogP contribution < -0.4 is 0 Å². The van der Waals surface area contributed by atoms with E-state index in [1.165, 1.54) is 38.5 Å². The third-order valence-corrected chi connectivity index (χ3v) is 9.17. The van der Waals surface area contributed by atoms with Crippen molar-refractivity contribution >= 4 is 0 Å². The van der Waals surface area contributed by atoms with Crippen LogP contribution in [0.4, 0.5) is 0 Å². The zero-order valence-corrected chi connectivity index (χ0v) is 15.3. The molecule has 0 aromatic rings. The molecule has 2 heteroatoms. The minimum atomic E-state index is -0.133. The van der Waals surface area contributed by atoms with Crippen molar-refractivity contribution in [2.45, 2.75) is 90.8 Å². The van der Waals surface area contributed by atoms with Crippen molar-refractivity contribution in [1.82, 2.24) is 0 Å². The Hall–Kier alpha value is -0.0800. The van der Waals surface area contributed by atoms with Gasteiger partial charge in [-0.2, -0.15) is 0 Å². The fraction of sp³-hybridized carbons (Fsp3) is 1.00. The van der Waals surface area contributed by atoms with Gasteiger partial charge in [-0.15, -0.1) is 0 Å². The second-order valence-electron chi connectivity index (χ2n) is 9.98. The molecule has 4 saturated carbocycles. The lowest BCUT2D eigenvalue weighted by Crippen LogP contribution is -2.61. The number of hydrogen-bond acceptors (Lipinski definition) is 2. The molecule has 0 aromatic carbocycles. The lowest BCUT2D eigenvalue weighted by Gasteiger charge is -2.64. The Labute approximate surface area is 142 Å². The van der Waals surface area contributed by atoms with Crippen LogP contribution >= 0.6 is 0 Å². The van der Waals surface area contributed by atoms with E-state index in [0.29, 0.717) is 34.5 Å². The maximum atomic E-state index is 11.4. The average molecular weight is 321 g/mol. The lowest BCUT2D eigenvalue weighted by atomic mass is 9.42. The highest BCUT2D eigenvalue weighted by molar-refractivity contribution is 5.11. The third-order valence-electron chi connectivity index (χ3n) is 9.17. The molecule has 0 aliphatic heterocycles. The molecule has 0 amide bonds. The molecular formula is C21H36O2. The molecule has 4 unspecified atom stereocenters. The van der Waals surface area contributed by atoms with Crippen LogP contribution in [0.1, 0.15) is 78.6 Å². The summed E-state index contributed by atoms with van der Waals surface area (Å²) in [4.78, 5) is 0. The van der Waals surface area contributed by atoms with Crippen molar-refractivity contribution in [2.24, 2.45) is 40.4 Å². The number of fused-ring (bicyclic) bond motifs is 5. The van der Waals surface area contributed by atoms with Crippen molar-refractivity contribution in [2.75, 3.05) is 0 Å². The molecule has 2 nitrogen and oxygen atoms in total. The van der Waals surface area contributed by atoms with Gasteiger partial charge in [0, 0.05) is 0 Å². The minimum absolute atomic E-state index is 0.129. The van der Waals surface area contributed by atoms with Crippen LogP contribution in [-0.4, -0.2) is 22.4 Å². The summed E-state index contributed by atoms with van der Waals surface area (Å²) < 4.78 is 0. The molecule has 0 spiro atoms. The molecule has 23 heavy (non-hydrogen) atoms. The monoisotopic (exact) mass is 320 g/mol. The van der Waals surface area contributed by atoms with Crippen LogP contribution in [0.2, 0.25) is 0 Å². The smallest absolute Gasteiger partial charge is 0.0605 e. The molecule has 4 aliphatic rings. The van der Waals surface area contributed by atoms with E-state index in [9.17, 15) is 10.2 Å². The van der Waals surface area contributed by atoms with Gasteiger partial charge in [0.2, 0.25) is 0 Å². The van der Waals surface area contributed by atoms with E-state index >= 15 is 0 Å². The van der Waals surface area contributed by atoms with Gasteiger partial charge < -0.3 is 10.2 Å². The van der Waals surface area contributed by atoms with Crippen LogP contribution in [0.15, 0.2) is 0 Å². The van der Waals surface area contributed by atoms with Crippen LogP contribution in [0.25, 0.3) is 0 Å². The number of aliphatic hydroxyl groups excluding tert-OH is 2. The summed E-state index contributed by atoms with van der Waals surface area (Å²) in [5, 5.41) is 21.7. The van der Waals surface area contributed by atoms with Gasteiger partial charge in [-0.3, -0.25) is 0 Å². The fourth-order valence-corrected chi connectivity index (χ4v) is 7.95. The van der Waals surface area contributed by atoms with Gasteiger partial charge >= 0.3 is 0 Å². The van der Waals surface area contributed by atoms with E-state index in [2.05, 4.69) is 20.8 Å². The quantitative estimate of drug-likeness (QED) is 0.752. The summed E-state index contributed by atoms with van der Waals surface area (Å²) in [5.41, 5.74) is 0.853. The summed E-state index contributed by atoms with van der Waals surface area (Å²) in [7, 11) is 0. The molecule has 2 N–H and O–H groups in total. The predicted octanol–water partition coefficient (Wildman–Crippen LogP) is 4.39. The summed E-state index contributed by atoms with van der Waals surface area (Å²) >= 11 is 0. The van der Waals surface area contributed by atoms with Gasteiger partial charge in [0.25, 0.3) is 0 Å². The van der Waals surface area contributed by atoms with E-state index in [-0.39, 0.29) is 12.2 Å². The van der Waals surface area contributed by atoms with E-state index in [1.54, 1.807) is 0 Å². The van der Waals surface area contributed by atoms with Gasteiger partial charge in [-0.25, -0.2) is 0 Å². The Bertz CT molecular complexity index is 463. The lowest BCUT2D eigenvalue weighted by molar-refractivity contribution is -0.198. The third kappa shape index (κ3) is 2.20. The van der Waals surface area contributed by atoms with Crippen molar-refractivity contribution in [3.63, 3.8) is 0 Å². The van der Waals surface area contributed by atoms with Gasteiger partial charge in [0.05, 0.1) is 12.2 Å². The SMILES string of the molecule is CC[C@@H]1C2C[C@H](O)CCC2(C)C2CCC3(C)CCC[C@H]3[C@@H]2[C@@H]1O. The molecule has 0 heterocycles. The summed E-state index contributed by atoms with van der Waals surface area (Å²) in [5.74, 6) is 2.89. The van der Waals surface area contributed by atoms with Crippen molar-refractivity contribution in [3.8, 4) is 0 Å². The molecule has 9 atom stereocenters. The van der Waals surface area contributed by atoms with Crippen LogP contribution in [0.5, 0.6) is 0 Å². The van der Waals surface area contributed by atoms with Gasteiger partial charge in [0.1, 0.15) is 0 Å². The summed E-state index contributed by atoms with van der Waals surface area (Å²) in [6.45, 7) is 7.28. The zero-order chi connectivity index (χ0) is 16.4. The topological polar surface area (TPSA) is 40.5 Å². The first-order valence-electron chi connectivity index (χ1n) is 10.3. The molecule has 0 saturated heterocycles. The van der Waals surface area contributed by atoms with Crippen molar-refractivity contribution in [1.29, 1.82) is 0 Å². The first-order chi connectivity index (χ1) is 10.9. The van der Waals surface area contributed by atoms with E-state index in [4.69, 9.17) is 0 Å². The van der Waals surface area contributed by atoms with E-state index < -0.39 is 0 Å². The minimum Gasteiger partial charge on any atom is -0.393 e. The van der Waals surface area contributed by atoms with E-state index in [1.807, 2.05) is 0 Å². The largest absolute Gasteiger partial charge is 0.393 e. The fourth-order valence-electron chi connectivity index (χ4n) is 7.95. The predicted molar refractivity (Wildman–Crippen MR) is 92.9 cm³/mol. The first-order valence-corrected chi connectivity index (χ1v) is 10.3. The maximum Gasteiger partial charge on any atom is 0.0605 e. The highest BCUT2D eigenvalue weighted by Crippen LogP contribution is 2.67. The molecular weight excluding hydrogens is 284 g/mol. The Morgan fingerprint density at radius 1 is 0.913 bits per heavy atom. The standard InChI is InChI=1S/C21H36O2/c1-4-14-17-12-13(22)7-11-21(17,3)16-8-10-20(2)9-5-6-15(20)18(16)19(14)23/h13-19,22-23H,4-12H2,1-3H3/t13-,14-,15+,16?,17?,18+,19-,20?,21?/m1/s1. The Morgan fingerprint density at radius 3 is 2.43 bits per heavy atom. The van der Waals surface area contributed by atoms with Gasteiger partial charge in [-0.1, -0.05) is 33.6 Å². The molecule has 4 rings (SSSR count). The molecule has 132 valence electrons. The molecule has 0 aromatic heterocycles. The van der Waals surface area contributed by atoms with E-state index in [0.717, 1.165) is 25.2 Å². The normalized spacial score (nSPS) is 59.1. The highest BCUT2D eigenvalue weighted by atomic mass is 16.3. The summed E-state index contributed by atoms with van der Waals surface area (Å²) in [6.07, 6.45) is 10.7. The second-order valence-corrected chi connectivity index (χ2v) is 9.98. The van der Waals surface area contributed by atoms with Crippen molar-refractivity contribution in [3.05, 3.63) is 0 Å². The first kappa shape index (κ1) is 16.4. The Kier molecular flexibility index (Phi) is 3.89. The van der Waals surface area contributed by atoms with Crippen LogP contribution in [-0.2, 0) is 0 Å². The molecule has 0 radical (unpaired) electrons. The molecule has 4 fully saturated rings. The Balaban J connectivity index is 1.73. The summed E-state index contributed by atoms with van der Waals surface area (Å²) in [6, 6.07) is 0. The zero-order valence-electron chi connectivity index (χ0n) is 15.3. The molecule has 0 bridgehead atoms. The maximum absolute atomic E-state index is 11.4. The van der Waals surface area contributed by atoms with Crippen molar-refractivity contribution < 1.29 is 10.2 Å². The van der Waals surface area contributed by atoms with Crippen LogP contribution in [0.3, 0.4) is 0 Å². The van der Waals surface area contributed by atoms with Crippen LogP contribution in [0, 0.1) is 40.4 Å². The number of aliphatic hydroxyl groups is 2.